The maximum absolute atomic E-state index is 14.2. The zero-order chi connectivity index (χ0) is 24.5. The fourth-order valence-electron chi connectivity index (χ4n) is 5.31. The van der Waals surface area contributed by atoms with Crippen LogP contribution in [0.2, 0.25) is 0 Å². The van der Waals surface area contributed by atoms with Crippen LogP contribution < -0.4 is 5.56 Å². The fraction of sp³-hybridized carbons (Fsp3) is 0.333. The molecule has 0 spiro atoms. The van der Waals surface area contributed by atoms with E-state index in [1.807, 2.05) is 41.0 Å². The SMILES string of the molecule is Cc1ccccc1-c1nc2cccc(-c3ccc(F)cc3)c2c(=O)n1CC1CCCN(C(C)C)C1. The van der Waals surface area contributed by atoms with Gasteiger partial charge in [0, 0.05) is 24.7 Å². The van der Waals surface area contributed by atoms with Crippen molar-refractivity contribution >= 4 is 10.9 Å². The van der Waals surface area contributed by atoms with Gasteiger partial charge in [0.15, 0.2) is 0 Å². The number of rotatable bonds is 5. The average molecular weight is 470 g/mol. The molecule has 1 saturated heterocycles. The third kappa shape index (κ3) is 4.65. The molecule has 0 amide bonds. The molecule has 1 unspecified atom stereocenters. The Hall–Kier alpha value is -3.31. The van der Waals surface area contributed by atoms with Gasteiger partial charge in [-0.3, -0.25) is 9.36 Å². The van der Waals surface area contributed by atoms with Crippen molar-refractivity contribution in [2.24, 2.45) is 5.92 Å². The van der Waals surface area contributed by atoms with Gasteiger partial charge in [-0.2, -0.15) is 0 Å². The monoisotopic (exact) mass is 469 g/mol. The second kappa shape index (κ2) is 9.74. The minimum Gasteiger partial charge on any atom is -0.301 e. The molecular weight excluding hydrogens is 437 g/mol. The lowest BCUT2D eigenvalue weighted by Gasteiger charge is -2.36. The number of piperidine rings is 1. The molecule has 0 radical (unpaired) electrons. The molecule has 0 aliphatic carbocycles. The van der Waals surface area contributed by atoms with Gasteiger partial charge < -0.3 is 4.90 Å². The van der Waals surface area contributed by atoms with Crippen molar-refractivity contribution in [1.29, 1.82) is 0 Å². The van der Waals surface area contributed by atoms with E-state index in [1.165, 1.54) is 12.1 Å². The van der Waals surface area contributed by atoms with E-state index in [0.717, 1.165) is 54.0 Å². The van der Waals surface area contributed by atoms with Crippen LogP contribution in [-0.2, 0) is 6.54 Å². The van der Waals surface area contributed by atoms with E-state index in [2.05, 4.69) is 31.7 Å². The number of likely N-dealkylation sites (tertiary alicyclic amines) is 1. The van der Waals surface area contributed by atoms with E-state index in [0.29, 0.717) is 29.4 Å². The normalized spacial score (nSPS) is 16.8. The summed E-state index contributed by atoms with van der Waals surface area (Å²) in [6.45, 7) is 9.26. The molecule has 1 fully saturated rings. The Morgan fingerprint density at radius 1 is 1.00 bits per heavy atom. The Labute approximate surface area is 206 Å². The Morgan fingerprint density at radius 2 is 1.74 bits per heavy atom. The standard InChI is InChI=1S/C30H32FN3O/c1-20(2)33-17-7-9-22(18-33)19-34-29(25-10-5-4-8-21(25)3)32-27-12-6-11-26(28(27)30(34)35)23-13-15-24(31)16-14-23/h4-6,8,10-16,20,22H,7,9,17-19H2,1-3H3. The van der Waals surface area contributed by atoms with Crippen molar-refractivity contribution in [2.45, 2.75) is 46.2 Å². The first-order valence-electron chi connectivity index (χ1n) is 12.5. The number of aryl methyl sites for hydroxylation is 1. The lowest BCUT2D eigenvalue weighted by atomic mass is 9.96. The molecular formula is C30H32FN3O. The van der Waals surface area contributed by atoms with Crippen LogP contribution in [0.5, 0.6) is 0 Å². The van der Waals surface area contributed by atoms with Crippen LogP contribution in [0.3, 0.4) is 0 Å². The van der Waals surface area contributed by atoms with Crippen molar-refractivity contribution in [2.75, 3.05) is 13.1 Å². The topological polar surface area (TPSA) is 38.1 Å². The lowest BCUT2D eigenvalue weighted by Crippen LogP contribution is -2.42. The molecule has 1 aliphatic rings. The highest BCUT2D eigenvalue weighted by molar-refractivity contribution is 5.94. The number of halogens is 1. The highest BCUT2D eigenvalue weighted by Gasteiger charge is 2.25. The smallest absolute Gasteiger partial charge is 0.262 e. The molecule has 5 heteroatoms. The first-order chi connectivity index (χ1) is 16.9. The molecule has 3 aromatic carbocycles. The van der Waals surface area contributed by atoms with Gasteiger partial charge in [0.05, 0.1) is 10.9 Å². The quantitative estimate of drug-likeness (QED) is 0.344. The Kier molecular flexibility index (Phi) is 6.52. The Morgan fingerprint density at radius 3 is 2.49 bits per heavy atom. The molecule has 1 aromatic heterocycles. The molecule has 2 heterocycles. The van der Waals surface area contributed by atoms with Gasteiger partial charge in [-0.1, -0.05) is 48.5 Å². The van der Waals surface area contributed by atoms with Crippen LogP contribution in [0.25, 0.3) is 33.4 Å². The molecule has 5 rings (SSSR count). The predicted octanol–water partition coefficient (Wildman–Crippen LogP) is 6.30. The molecule has 1 atom stereocenters. The van der Waals surface area contributed by atoms with Gasteiger partial charge >= 0.3 is 0 Å². The van der Waals surface area contributed by atoms with Gasteiger partial charge in [-0.15, -0.1) is 0 Å². The van der Waals surface area contributed by atoms with E-state index >= 15 is 0 Å². The summed E-state index contributed by atoms with van der Waals surface area (Å²) in [7, 11) is 0. The summed E-state index contributed by atoms with van der Waals surface area (Å²) >= 11 is 0. The first-order valence-corrected chi connectivity index (χ1v) is 12.5. The van der Waals surface area contributed by atoms with E-state index in [9.17, 15) is 9.18 Å². The number of nitrogens with zero attached hydrogens (tertiary/aromatic N) is 3. The number of fused-ring (bicyclic) bond motifs is 1. The zero-order valence-corrected chi connectivity index (χ0v) is 20.7. The number of hydrogen-bond acceptors (Lipinski definition) is 3. The molecule has 0 bridgehead atoms. The molecule has 35 heavy (non-hydrogen) atoms. The fourth-order valence-corrected chi connectivity index (χ4v) is 5.31. The Bertz CT molecular complexity index is 1410. The van der Waals surface area contributed by atoms with Gasteiger partial charge in [0.1, 0.15) is 11.6 Å². The molecule has 1 aliphatic heterocycles. The summed E-state index contributed by atoms with van der Waals surface area (Å²) in [4.78, 5) is 21.8. The highest BCUT2D eigenvalue weighted by atomic mass is 19.1. The molecule has 0 saturated carbocycles. The van der Waals surface area contributed by atoms with E-state index in [4.69, 9.17) is 4.98 Å². The van der Waals surface area contributed by atoms with Gasteiger partial charge in [0.25, 0.3) is 5.56 Å². The number of aromatic nitrogens is 2. The maximum atomic E-state index is 14.2. The summed E-state index contributed by atoms with van der Waals surface area (Å²) in [5.41, 5.74) is 4.31. The van der Waals surface area contributed by atoms with Crippen molar-refractivity contribution < 1.29 is 4.39 Å². The zero-order valence-electron chi connectivity index (χ0n) is 20.7. The Balaban J connectivity index is 1.70. The third-order valence-electron chi connectivity index (χ3n) is 7.25. The van der Waals surface area contributed by atoms with Gasteiger partial charge in [-0.25, -0.2) is 9.37 Å². The minimum atomic E-state index is -0.293. The number of benzene rings is 3. The summed E-state index contributed by atoms with van der Waals surface area (Å²) in [6.07, 6.45) is 2.24. The van der Waals surface area contributed by atoms with E-state index in [1.54, 1.807) is 12.1 Å². The minimum absolute atomic E-state index is 0.0325. The van der Waals surface area contributed by atoms with Crippen LogP contribution in [0, 0.1) is 18.7 Å². The molecule has 0 N–H and O–H groups in total. The molecule has 4 aromatic rings. The van der Waals surface area contributed by atoms with Crippen LogP contribution >= 0.6 is 0 Å². The second-order valence-corrected chi connectivity index (χ2v) is 9.97. The molecule has 180 valence electrons. The van der Waals surface area contributed by atoms with Gasteiger partial charge in [-0.05, 0) is 81.0 Å². The van der Waals surface area contributed by atoms with Crippen molar-refractivity contribution in [3.63, 3.8) is 0 Å². The summed E-state index contributed by atoms with van der Waals surface area (Å²) in [5, 5.41) is 0.591. The van der Waals surface area contributed by atoms with Crippen LogP contribution in [0.15, 0.2) is 71.5 Å². The summed E-state index contributed by atoms with van der Waals surface area (Å²) < 4.78 is 15.5. The van der Waals surface area contributed by atoms with Gasteiger partial charge in [0.2, 0.25) is 0 Å². The maximum Gasteiger partial charge on any atom is 0.262 e. The van der Waals surface area contributed by atoms with Crippen LogP contribution in [0.4, 0.5) is 4.39 Å². The van der Waals surface area contributed by atoms with E-state index < -0.39 is 0 Å². The third-order valence-corrected chi connectivity index (χ3v) is 7.25. The summed E-state index contributed by atoms with van der Waals surface area (Å²) in [5.74, 6) is 0.806. The largest absolute Gasteiger partial charge is 0.301 e. The van der Waals surface area contributed by atoms with Crippen molar-refractivity contribution in [1.82, 2.24) is 14.5 Å². The second-order valence-electron chi connectivity index (χ2n) is 9.97. The van der Waals surface area contributed by atoms with Crippen molar-refractivity contribution in [3.8, 4) is 22.5 Å². The molecule has 4 nitrogen and oxygen atoms in total. The van der Waals surface area contributed by atoms with Crippen molar-refractivity contribution in [3.05, 3.63) is 88.5 Å². The van der Waals surface area contributed by atoms with E-state index in [-0.39, 0.29) is 11.4 Å². The summed E-state index contributed by atoms with van der Waals surface area (Å²) in [6, 6.07) is 20.7. The highest BCUT2D eigenvalue weighted by Crippen LogP contribution is 2.30. The number of hydrogen-bond donors (Lipinski definition) is 0. The predicted molar refractivity (Wildman–Crippen MR) is 141 cm³/mol. The lowest BCUT2D eigenvalue weighted by molar-refractivity contribution is 0.130. The average Bonchev–Trinajstić information content (AvgIpc) is 2.86. The van der Waals surface area contributed by atoms with Crippen LogP contribution in [-0.4, -0.2) is 33.6 Å². The van der Waals surface area contributed by atoms with Crippen LogP contribution in [0.1, 0.15) is 32.3 Å². The first kappa shape index (κ1) is 23.4.